The van der Waals surface area contributed by atoms with Crippen LogP contribution in [0.4, 0.5) is 0 Å². The van der Waals surface area contributed by atoms with Crippen molar-refractivity contribution in [2.24, 2.45) is 0 Å². The molecule has 13 heavy (non-hydrogen) atoms. The monoisotopic (exact) mass is 238 g/mol. The molecule has 0 saturated carbocycles. The number of benzene rings is 1. The summed E-state index contributed by atoms with van der Waals surface area (Å²) >= 11 is 3.67. The van der Waals surface area contributed by atoms with Crippen molar-refractivity contribution in [3.05, 3.63) is 47.5 Å². The van der Waals surface area contributed by atoms with Gasteiger partial charge < -0.3 is 0 Å². The van der Waals surface area contributed by atoms with E-state index in [0.717, 1.165) is 6.42 Å². The predicted molar refractivity (Wildman–Crippen MR) is 62.2 cm³/mol. The second kappa shape index (κ2) is 5.23. The Kier molecular flexibility index (Phi) is 4.23. The SMILES string of the molecule is CC(C)=CCC(Br)c1ccccc1. The highest BCUT2D eigenvalue weighted by atomic mass is 79.9. The molecule has 0 fully saturated rings. The summed E-state index contributed by atoms with van der Waals surface area (Å²) in [7, 11) is 0. The lowest BCUT2D eigenvalue weighted by Crippen LogP contribution is -1.87. The van der Waals surface area contributed by atoms with Crippen molar-refractivity contribution >= 4 is 15.9 Å². The van der Waals surface area contributed by atoms with Gasteiger partial charge in [0.1, 0.15) is 0 Å². The van der Waals surface area contributed by atoms with Crippen molar-refractivity contribution < 1.29 is 0 Å². The fraction of sp³-hybridized carbons (Fsp3) is 0.333. The van der Waals surface area contributed by atoms with Gasteiger partial charge in [0.05, 0.1) is 0 Å². The first kappa shape index (κ1) is 10.5. The molecule has 0 bridgehead atoms. The quantitative estimate of drug-likeness (QED) is 0.539. The van der Waals surface area contributed by atoms with Crippen LogP contribution in [0.25, 0.3) is 0 Å². The number of hydrogen-bond acceptors (Lipinski definition) is 0. The zero-order valence-electron chi connectivity index (χ0n) is 8.13. The number of halogens is 1. The molecule has 0 saturated heterocycles. The number of rotatable bonds is 3. The van der Waals surface area contributed by atoms with Gasteiger partial charge in [-0.15, -0.1) is 0 Å². The number of alkyl halides is 1. The fourth-order valence-electron chi connectivity index (χ4n) is 1.14. The van der Waals surface area contributed by atoms with Gasteiger partial charge in [0.15, 0.2) is 0 Å². The lowest BCUT2D eigenvalue weighted by Gasteiger charge is -2.06. The average Bonchev–Trinajstić information content (AvgIpc) is 2.15. The minimum absolute atomic E-state index is 0.448. The molecule has 1 unspecified atom stereocenters. The van der Waals surface area contributed by atoms with Crippen LogP contribution in [0.3, 0.4) is 0 Å². The van der Waals surface area contributed by atoms with Crippen molar-refractivity contribution in [1.82, 2.24) is 0 Å². The lowest BCUT2D eigenvalue weighted by atomic mass is 10.1. The highest BCUT2D eigenvalue weighted by Gasteiger charge is 2.03. The lowest BCUT2D eigenvalue weighted by molar-refractivity contribution is 0.977. The first-order valence-electron chi connectivity index (χ1n) is 4.52. The Morgan fingerprint density at radius 2 is 1.92 bits per heavy atom. The van der Waals surface area contributed by atoms with Gasteiger partial charge in [-0.1, -0.05) is 57.9 Å². The summed E-state index contributed by atoms with van der Waals surface area (Å²) < 4.78 is 0. The van der Waals surface area contributed by atoms with Crippen LogP contribution in [0, 0.1) is 0 Å². The van der Waals surface area contributed by atoms with E-state index < -0.39 is 0 Å². The third-order valence-corrected chi connectivity index (χ3v) is 2.80. The van der Waals surface area contributed by atoms with E-state index in [4.69, 9.17) is 0 Å². The van der Waals surface area contributed by atoms with Crippen molar-refractivity contribution in [3.8, 4) is 0 Å². The van der Waals surface area contributed by atoms with E-state index in [-0.39, 0.29) is 0 Å². The van der Waals surface area contributed by atoms with Crippen molar-refractivity contribution in [3.63, 3.8) is 0 Å². The summed E-state index contributed by atoms with van der Waals surface area (Å²) in [5.41, 5.74) is 2.72. The maximum absolute atomic E-state index is 3.67. The van der Waals surface area contributed by atoms with Crippen LogP contribution in [0.1, 0.15) is 30.7 Å². The maximum atomic E-state index is 3.67. The molecule has 0 amide bonds. The van der Waals surface area contributed by atoms with E-state index in [1.54, 1.807) is 0 Å². The largest absolute Gasteiger partial charge is 0.0844 e. The van der Waals surface area contributed by atoms with Gasteiger partial charge in [0.25, 0.3) is 0 Å². The van der Waals surface area contributed by atoms with Crippen LogP contribution in [0.15, 0.2) is 42.0 Å². The molecule has 0 aromatic heterocycles. The molecule has 1 aromatic rings. The molecule has 1 atom stereocenters. The van der Waals surface area contributed by atoms with Crippen molar-refractivity contribution in [2.75, 3.05) is 0 Å². The molecule has 1 heteroatoms. The minimum Gasteiger partial charge on any atom is -0.0844 e. The summed E-state index contributed by atoms with van der Waals surface area (Å²) in [4.78, 5) is 0.448. The molecule has 0 radical (unpaired) electrons. The smallest absolute Gasteiger partial charge is 0.0429 e. The van der Waals surface area contributed by atoms with Crippen molar-refractivity contribution in [2.45, 2.75) is 25.1 Å². The topological polar surface area (TPSA) is 0 Å². The molecule has 0 spiro atoms. The number of hydrogen-bond donors (Lipinski definition) is 0. The first-order chi connectivity index (χ1) is 6.20. The highest BCUT2D eigenvalue weighted by molar-refractivity contribution is 9.09. The van der Waals surface area contributed by atoms with E-state index >= 15 is 0 Å². The van der Waals surface area contributed by atoms with Crippen molar-refractivity contribution in [1.29, 1.82) is 0 Å². The van der Waals surface area contributed by atoms with E-state index in [2.05, 4.69) is 60.1 Å². The minimum atomic E-state index is 0.448. The molecule has 0 aliphatic carbocycles. The Labute approximate surface area is 88.8 Å². The highest BCUT2D eigenvalue weighted by Crippen LogP contribution is 2.26. The van der Waals surface area contributed by atoms with Crippen LogP contribution in [-0.4, -0.2) is 0 Å². The molecular weight excluding hydrogens is 224 g/mol. The summed E-state index contributed by atoms with van der Waals surface area (Å²) in [6.45, 7) is 4.26. The van der Waals surface area contributed by atoms with E-state index in [0.29, 0.717) is 4.83 Å². The standard InChI is InChI=1S/C12H15Br/c1-10(2)8-9-12(13)11-6-4-3-5-7-11/h3-8,12H,9H2,1-2H3. The Hall–Kier alpha value is -0.560. The molecular formula is C12H15Br. The first-order valence-corrected chi connectivity index (χ1v) is 5.44. The fourth-order valence-corrected chi connectivity index (χ4v) is 1.63. The van der Waals surface area contributed by atoms with E-state index in [1.807, 2.05) is 6.07 Å². The molecule has 70 valence electrons. The zero-order valence-corrected chi connectivity index (χ0v) is 9.71. The molecule has 0 nitrogen and oxygen atoms in total. The Bertz CT molecular complexity index is 270. The van der Waals surface area contributed by atoms with Gasteiger partial charge in [-0.2, -0.15) is 0 Å². The summed E-state index contributed by atoms with van der Waals surface area (Å²) in [5.74, 6) is 0. The van der Waals surface area contributed by atoms with E-state index in [1.165, 1.54) is 11.1 Å². The molecule has 0 heterocycles. The molecule has 0 aliphatic rings. The van der Waals surface area contributed by atoms with Crippen LogP contribution < -0.4 is 0 Å². The summed E-state index contributed by atoms with van der Waals surface area (Å²) in [6.07, 6.45) is 3.32. The maximum Gasteiger partial charge on any atom is 0.0429 e. The van der Waals surface area contributed by atoms with Gasteiger partial charge in [-0.05, 0) is 25.8 Å². The van der Waals surface area contributed by atoms with Gasteiger partial charge in [0, 0.05) is 4.83 Å². The van der Waals surface area contributed by atoms with Crippen LogP contribution >= 0.6 is 15.9 Å². The summed E-state index contributed by atoms with van der Waals surface area (Å²) in [6, 6.07) is 10.5. The van der Waals surface area contributed by atoms with Gasteiger partial charge in [-0.25, -0.2) is 0 Å². The van der Waals surface area contributed by atoms with Crippen LogP contribution in [0.2, 0.25) is 0 Å². The summed E-state index contributed by atoms with van der Waals surface area (Å²) in [5, 5.41) is 0. The normalized spacial score (nSPS) is 12.2. The average molecular weight is 239 g/mol. The predicted octanol–water partition coefficient (Wildman–Crippen LogP) is 4.48. The Morgan fingerprint density at radius 3 is 2.46 bits per heavy atom. The van der Waals surface area contributed by atoms with Crippen LogP contribution in [0.5, 0.6) is 0 Å². The number of allylic oxidation sites excluding steroid dienone is 2. The van der Waals surface area contributed by atoms with Gasteiger partial charge in [0.2, 0.25) is 0 Å². The molecule has 0 N–H and O–H groups in total. The Morgan fingerprint density at radius 1 is 1.31 bits per heavy atom. The molecule has 0 aliphatic heterocycles. The van der Waals surface area contributed by atoms with Gasteiger partial charge in [-0.3, -0.25) is 0 Å². The second-order valence-corrected chi connectivity index (χ2v) is 4.50. The van der Waals surface area contributed by atoms with Gasteiger partial charge >= 0.3 is 0 Å². The zero-order chi connectivity index (χ0) is 9.68. The second-order valence-electron chi connectivity index (χ2n) is 3.40. The van der Waals surface area contributed by atoms with Crippen LogP contribution in [-0.2, 0) is 0 Å². The molecule has 1 rings (SSSR count). The molecule has 1 aromatic carbocycles. The third-order valence-electron chi connectivity index (χ3n) is 1.89. The third kappa shape index (κ3) is 3.77. The Balaban J connectivity index is 2.59. The van der Waals surface area contributed by atoms with E-state index in [9.17, 15) is 0 Å².